The van der Waals surface area contributed by atoms with Crippen molar-refractivity contribution in [1.82, 2.24) is 10.2 Å². The van der Waals surface area contributed by atoms with E-state index in [9.17, 15) is 4.79 Å². The predicted octanol–water partition coefficient (Wildman–Crippen LogP) is 1.94. The van der Waals surface area contributed by atoms with Crippen molar-refractivity contribution in [3.05, 3.63) is 35.0 Å². The summed E-state index contributed by atoms with van der Waals surface area (Å²) in [7, 11) is 0. The van der Waals surface area contributed by atoms with Crippen LogP contribution in [0.3, 0.4) is 0 Å². The maximum atomic E-state index is 10.7. The Balaban J connectivity index is 2.76. The summed E-state index contributed by atoms with van der Waals surface area (Å²) < 4.78 is 0. The number of hydrogen-bond donors (Lipinski definition) is 1. The molecule has 0 bridgehead atoms. The van der Waals surface area contributed by atoms with Crippen LogP contribution in [0.15, 0.2) is 18.2 Å². The smallest absolute Gasteiger partial charge is 0.356 e. The van der Waals surface area contributed by atoms with Gasteiger partial charge in [-0.05, 0) is 31.5 Å². The minimum Gasteiger partial charge on any atom is -0.476 e. The van der Waals surface area contributed by atoms with Crippen LogP contribution in [0.1, 0.15) is 21.6 Å². The van der Waals surface area contributed by atoms with E-state index in [2.05, 4.69) is 10.2 Å². The van der Waals surface area contributed by atoms with Gasteiger partial charge in [0.2, 0.25) is 0 Å². The average Bonchev–Trinajstić information content (AvgIpc) is 2.16. The van der Waals surface area contributed by atoms with Crippen LogP contribution in [0.25, 0.3) is 10.9 Å². The van der Waals surface area contributed by atoms with E-state index in [1.54, 1.807) is 6.07 Å². The fourth-order valence-corrected chi connectivity index (χ4v) is 1.62. The molecule has 0 aliphatic rings. The van der Waals surface area contributed by atoms with Crippen LogP contribution in [0.4, 0.5) is 0 Å². The zero-order chi connectivity index (χ0) is 11.0. The van der Waals surface area contributed by atoms with Crippen molar-refractivity contribution < 1.29 is 9.90 Å². The Hall–Kier alpha value is -1.97. The van der Waals surface area contributed by atoms with Crippen molar-refractivity contribution in [3.63, 3.8) is 0 Å². The summed E-state index contributed by atoms with van der Waals surface area (Å²) in [4.78, 5) is 10.7. The number of nitrogens with zero attached hydrogens (tertiary/aromatic N) is 2. The lowest BCUT2D eigenvalue weighted by Crippen LogP contribution is -2.02. The number of carboxylic acids is 1. The molecule has 2 aromatic rings. The van der Waals surface area contributed by atoms with Crippen LogP contribution >= 0.6 is 0 Å². The van der Waals surface area contributed by atoms with Crippen LogP contribution in [-0.2, 0) is 0 Å². The fraction of sp³-hybridized carbons (Fsp3) is 0.182. The molecule has 1 heterocycles. The van der Waals surface area contributed by atoms with Crippen LogP contribution in [-0.4, -0.2) is 21.3 Å². The van der Waals surface area contributed by atoms with E-state index in [-0.39, 0.29) is 5.69 Å². The number of fused-ring (bicyclic) bond motifs is 1. The second-order valence-corrected chi connectivity index (χ2v) is 3.55. The van der Waals surface area contributed by atoms with Gasteiger partial charge < -0.3 is 5.11 Å². The Morgan fingerprint density at radius 2 is 1.93 bits per heavy atom. The molecule has 0 saturated carbocycles. The molecule has 4 nitrogen and oxygen atoms in total. The second kappa shape index (κ2) is 3.31. The molecule has 1 aromatic heterocycles. The molecule has 0 aliphatic heterocycles. The van der Waals surface area contributed by atoms with Gasteiger partial charge in [0.05, 0.1) is 5.52 Å². The highest BCUT2D eigenvalue weighted by Gasteiger charge is 2.08. The quantitative estimate of drug-likeness (QED) is 0.767. The number of benzene rings is 1. The minimum absolute atomic E-state index is 0.0208. The molecule has 0 saturated heterocycles. The maximum Gasteiger partial charge on any atom is 0.356 e. The van der Waals surface area contributed by atoms with E-state index in [0.717, 1.165) is 22.0 Å². The predicted molar refractivity (Wildman–Crippen MR) is 56.0 cm³/mol. The molecule has 0 unspecified atom stereocenters. The van der Waals surface area contributed by atoms with Gasteiger partial charge in [0, 0.05) is 5.39 Å². The molecule has 1 N–H and O–H groups in total. The number of aromatic carboxylic acids is 1. The number of aromatic nitrogens is 2. The lowest BCUT2D eigenvalue weighted by Gasteiger charge is -2.02. The van der Waals surface area contributed by atoms with E-state index < -0.39 is 5.97 Å². The van der Waals surface area contributed by atoms with Crippen LogP contribution < -0.4 is 0 Å². The lowest BCUT2D eigenvalue weighted by atomic mass is 10.1. The monoisotopic (exact) mass is 202 g/mol. The Kier molecular flexibility index (Phi) is 2.11. The molecule has 2 rings (SSSR count). The third kappa shape index (κ3) is 1.66. The first-order valence-electron chi connectivity index (χ1n) is 4.56. The zero-order valence-corrected chi connectivity index (χ0v) is 8.48. The third-order valence-corrected chi connectivity index (χ3v) is 2.24. The highest BCUT2D eigenvalue weighted by Crippen LogP contribution is 2.18. The standard InChI is InChI=1S/C11H10N2O2/c1-6-3-7(2)10-8(4-6)5-9(11(14)15)12-13-10/h3-5H,1-2H3,(H,14,15). The zero-order valence-electron chi connectivity index (χ0n) is 8.48. The summed E-state index contributed by atoms with van der Waals surface area (Å²) in [5, 5.41) is 17.2. The summed E-state index contributed by atoms with van der Waals surface area (Å²) in [5.74, 6) is -1.05. The molecule has 0 fully saturated rings. The first-order valence-corrected chi connectivity index (χ1v) is 4.56. The van der Waals surface area contributed by atoms with E-state index in [0.29, 0.717) is 0 Å². The van der Waals surface area contributed by atoms with Gasteiger partial charge in [-0.3, -0.25) is 0 Å². The summed E-state index contributed by atoms with van der Waals surface area (Å²) in [6, 6.07) is 5.45. The highest BCUT2D eigenvalue weighted by atomic mass is 16.4. The summed E-state index contributed by atoms with van der Waals surface area (Å²) >= 11 is 0. The normalized spacial score (nSPS) is 10.5. The van der Waals surface area contributed by atoms with Crippen molar-refractivity contribution in [3.8, 4) is 0 Å². The van der Waals surface area contributed by atoms with Gasteiger partial charge in [-0.1, -0.05) is 11.6 Å². The van der Waals surface area contributed by atoms with Gasteiger partial charge in [0.1, 0.15) is 0 Å². The van der Waals surface area contributed by atoms with Crippen molar-refractivity contribution in [2.75, 3.05) is 0 Å². The van der Waals surface area contributed by atoms with Gasteiger partial charge in [-0.2, -0.15) is 0 Å². The molecular formula is C11H10N2O2. The van der Waals surface area contributed by atoms with Crippen LogP contribution in [0.5, 0.6) is 0 Å². The Labute approximate surface area is 86.6 Å². The SMILES string of the molecule is Cc1cc(C)c2nnc(C(=O)O)cc2c1. The van der Waals surface area contributed by atoms with E-state index in [1.165, 1.54) is 0 Å². The fourth-order valence-electron chi connectivity index (χ4n) is 1.62. The Morgan fingerprint density at radius 1 is 1.20 bits per heavy atom. The number of carbonyl (C=O) groups is 1. The number of carboxylic acid groups (broad SMARTS) is 1. The first kappa shape index (κ1) is 9.58. The maximum absolute atomic E-state index is 10.7. The molecule has 0 amide bonds. The van der Waals surface area contributed by atoms with Gasteiger partial charge >= 0.3 is 5.97 Å². The summed E-state index contributed by atoms with van der Waals surface area (Å²) in [6.45, 7) is 3.90. The Morgan fingerprint density at radius 3 is 2.60 bits per heavy atom. The largest absolute Gasteiger partial charge is 0.476 e. The summed E-state index contributed by atoms with van der Waals surface area (Å²) in [6.07, 6.45) is 0. The topological polar surface area (TPSA) is 63.1 Å². The van der Waals surface area contributed by atoms with Crippen LogP contribution in [0, 0.1) is 13.8 Å². The number of hydrogen-bond acceptors (Lipinski definition) is 3. The molecule has 1 aromatic carbocycles. The Bertz CT molecular complexity index is 550. The molecule has 0 atom stereocenters. The highest BCUT2D eigenvalue weighted by molar-refractivity contribution is 5.91. The van der Waals surface area contributed by atoms with Crippen molar-refractivity contribution >= 4 is 16.9 Å². The second-order valence-electron chi connectivity index (χ2n) is 3.55. The summed E-state index contributed by atoms with van der Waals surface area (Å²) in [5.41, 5.74) is 2.83. The van der Waals surface area contributed by atoms with Crippen molar-refractivity contribution in [2.45, 2.75) is 13.8 Å². The van der Waals surface area contributed by atoms with E-state index >= 15 is 0 Å². The molecule has 0 aliphatic carbocycles. The van der Waals surface area contributed by atoms with Crippen molar-refractivity contribution in [1.29, 1.82) is 0 Å². The molecule has 0 radical (unpaired) electrons. The minimum atomic E-state index is -1.05. The molecular weight excluding hydrogens is 192 g/mol. The van der Waals surface area contributed by atoms with E-state index in [4.69, 9.17) is 5.11 Å². The average molecular weight is 202 g/mol. The van der Waals surface area contributed by atoms with Gasteiger partial charge in [0.25, 0.3) is 0 Å². The number of aryl methyl sites for hydroxylation is 2. The lowest BCUT2D eigenvalue weighted by molar-refractivity contribution is 0.0689. The van der Waals surface area contributed by atoms with Gasteiger partial charge in [-0.25, -0.2) is 4.79 Å². The van der Waals surface area contributed by atoms with E-state index in [1.807, 2.05) is 26.0 Å². The van der Waals surface area contributed by atoms with Gasteiger partial charge in [-0.15, -0.1) is 10.2 Å². The molecule has 0 spiro atoms. The molecule has 76 valence electrons. The van der Waals surface area contributed by atoms with Crippen molar-refractivity contribution in [2.24, 2.45) is 0 Å². The molecule has 15 heavy (non-hydrogen) atoms. The van der Waals surface area contributed by atoms with Gasteiger partial charge in [0.15, 0.2) is 5.69 Å². The molecule has 4 heteroatoms. The first-order chi connectivity index (χ1) is 7.08. The number of rotatable bonds is 1. The van der Waals surface area contributed by atoms with Crippen LogP contribution in [0.2, 0.25) is 0 Å². The third-order valence-electron chi connectivity index (χ3n) is 2.24.